The molecule has 0 aliphatic rings. The number of nitriles is 1. The Kier molecular flexibility index (Phi) is 3.83. The van der Waals surface area contributed by atoms with Gasteiger partial charge in [0, 0.05) is 23.5 Å². The molecule has 0 aromatic carbocycles. The molecule has 0 bridgehead atoms. The van der Waals surface area contributed by atoms with Crippen molar-refractivity contribution in [3.05, 3.63) is 51.7 Å². The van der Waals surface area contributed by atoms with Gasteiger partial charge in [0.05, 0.1) is 5.69 Å². The molecule has 0 aliphatic carbocycles. The third-order valence-electron chi connectivity index (χ3n) is 3.72. The van der Waals surface area contributed by atoms with Crippen molar-refractivity contribution in [2.24, 2.45) is 0 Å². The maximum atomic E-state index is 12.7. The van der Waals surface area contributed by atoms with Crippen LogP contribution in [0.4, 0.5) is 13.2 Å². The molecule has 9 heteroatoms. The first-order valence-corrected chi connectivity index (χ1v) is 7.31. The smallest absolute Gasteiger partial charge is 0.295 e. The van der Waals surface area contributed by atoms with Crippen LogP contribution in [0.25, 0.3) is 16.9 Å². The summed E-state index contributed by atoms with van der Waals surface area (Å²) in [5.41, 5.74) is -0.333. The Labute approximate surface area is 139 Å². The molecule has 6 nitrogen and oxygen atoms in total. The summed E-state index contributed by atoms with van der Waals surface area (Å²) in [5.74, 6) is -0.233. The predicted octanol–water partition coefficient (Wildman–Crippen LogP) is 3.10. The van der Waals surface area contributed by atoms with Gasteiger partial charge in [-0.1, -0.05) is 13.8 Å². The monoisotopic (exact) mass is 347 g/mol. The highest BCUT2D eigenvalue weighted by molar-refractivity contribution is 5.67. The van der Waals surface area contributed by atoms with Crippen LogP contribution in [0.1, 0.15) is 36.6 Å². The van der Waals surface area contributed by atoms with Crippen molar-refractivity contribution in [1.82, 2.24) is 19.6 Å². The van der Waals surface area contributed by atoms with Crippen LogP contribution in [0.15, 0.2) is 29.3 Å². The number of pyridine rings is 1. The lowest BCUT2D eigenvalue weighted by Crippen LogP contribution is -2.22. The standard InChI is InChI=1S/C16H12F3N5O/c1-8(2)12-13(9-3-4-11(21-6-9)16(17,18)19)23-14-10(5-20)7-22-24(14)15(12)25/h3-4,6-8,22H,1-2H3. The number of nitrogens with one attached hydrogen (secondary N) is 1. The van der Waals surface area contributed by atoms with E-state index in [0.29, 0.717) is 5.56 Å². The zero-order chi connectivity index (χ0) is 18.4. The molecule has 0 aliphatic heterocycles. The normalized spacial score (nSPS) is 11.9. The van der Waals surface area contributed by atoms with Gasteiger partial charge >= 0.3 is 6.18 Å². The van der Waals surface area contributed by atoms with Crippen LogP contribution in [-0.2, 0) is 6.18 Å². The summed E-state index contributed by atoms with van der Waals surface area (Å²) in [6, 6.07) is 3.98. The van der Waals surface area contributed by atoms with Gasteiger partial charge in [-0.15, -0.1) is 0 Å². The molecule has 0 spiro atoms. The molecular weight excluding hydrogens is 335 g/mol. The lowest BCUT2D eigenvalue weighted by molar-refractivity contribution is -0.141. The molecule has 3 aromatic rings. The molecule has 25 heavy (non-hydrogen) atoms. The fourth-order valence-corrected chi connectivity index (χ4v) is 2.55. The lowest BCUT2D eigenvalue weighted by Gasteiger charge is -2.12. The van der Waals surface area contributed by atoms with Gasteiger partial charge in [-0.25, -0.2) is 9.50 Å². The summed E-state index contributed by atoms with van der Waals surface area (Å²) in [7, 11) is 0. The molecule has 1 N–H and O–H groups in total. The number of hydrogen-bond acceptors (Lipinski definition) is 4. The zero-order valence-corrected chi connectivity index (χ0v) is 13.2. The van der Waals surface area contributed by atoms with Crippen LogP contribution in [0, 0.1) is 11.3 Å². The Morgan fingerprint density at radius 1 is 1.32 bits per heavy atom. The minimum absolute atomic E-state index is 0.117. The Bertz CT molecular complexity index is 1040. The van der Waals surface area contributed by atoms with E-state index in [4.69, 9.17) is 5.26 Å². The molecule has 0 fully saturated rings. The Balaban J connectivity index is 2.29. The van der Waals surface area contributed by atoms with Crippen LogP contribution in [0.2, 0.25) is 0 Å². The number of hydrogen-bond donors (Lipinski definition) is 1. The summed E-state index contributed by atoms with van der Waals surface area (Å²) in [6.07, 6.45) is -2.17. The van der Waals surface area contributed by atoms with Crippen molar-refractivity contribution < 1.29 is 13.2 Å². The number of nitrogens with zero attached hydrogens (tertiary/aromatic N) is 4. The van der Waals surface area contributed by atoms with Gasteiger partial charge in [-0.3, -0.25) is 14.9 Å². The Hall–Kier alpha value is -3.15. The average molecular weight is 347 g/mol. The van der Waals surface area contributed by atoms with E-state index >= 15 is 0 Å². The first-order valence-electron chi connectivity index (χ1n) is 7.31. The topological polar surface area (TPSA) is 86.8 Å². The number of halogens is 3. The SMILES string of the molecule is CC(C)c1c(-c2ccc(C(F)(F)F)nc2)nc2c(C#N)c[nH]n2c1=O. The van der Waals surface area contributed by atoms with E-state index in [9.17, 15) is 18.0 Å². The molecule has 3 heterocycles. The maximum absolute atomic E-state index is 12.7. The van der Waals surface area contributed by atoms with Crippen molar-refractivity contribution in [2.45, 2.75) is 25.9 Å². The second-order valence-electron chi connectivity index (χ2n) is 5.72. The highest BCUT2D eigenvalue weighted by Gasteiger charge is 2.32. The predicted molar refractivity (Wildman–Crippen MR) is 82.8 cm³/mol. The largest absolute Gasteiger partial charge is 0.433 e. The zero-order valence-electron chi connectivity index (χ0n) is 13.2. The van der Waals surface area contributed by atoms with E-state index in [1.807, 2.05) is 6.07 Å². The summed E-state index contributed by atoms with van der Waals surface area (Å²) < 4.78 is 39.2. The third kappa shape index (κ3) is 2.76. The quantitative estimate of drug-likeness (QED) is 0.772. The van der Waals surface area contributed by atoms with E-state index in [0.717, 1.165) is 16.8 Å². The molecule has 0 saturated heterocycles. The van der Waals surface area contributed by atoms with Crippen molar-refractivity contribution in [1.29, 1.82) is 5.26 Å². The van der Waals surface area contributed by atoms with E-state index in [2.05, 4.69) is 15.1 Å². The average Bonchev–Trinajstić information content (AvgIpc) is 2.97. The number of fused-ring (bicyclic) bond motifs is 1. The van der Waals surface area contributed by atoms with Crippen molar-refractivity contribution in [3.8, 4) is 17.3 Å². The van der Waals surface area contributed by atoms with E-state index in [1.165, 1.54) is 12.3 Å². The Morgan fingerprint density at radius 3 is 2.56 bits per heavy atom. The highest BCUT2D eigenvalue weighted by atomic mass is 19.4. The van der Waals surface area contributed by atoms with Crippen molar-refractivity contribution >= 4 is 5.65 Å². The number of H-pyrrole nitrogens is 1. The Morgan fingerprint density at radius 2 is 2.04 bits per heavy atom. The number of aromatic amines is 1. The molecule has 128 valence electrons. The highest BCUT2D eigenvalue weighted by Crippen LogP contribution is 2.30. The van der Waals surface area contributed by atoms with E-state index in [-0.39, 0.29) is 28.4 Å². The second-order valence-corrected chi connectivity index (χ2v) is 5.72. The van der Waals surface area contributed by atoms with Crippen LogP contribution in [-0.4, -0.2) is 19.6 Å². The van der Waals surface area contributed by atoms with Crippen LogP contribution < -0.4 is 5.56 Å². The molecule has 0 radical (unpaired) electrons. The first kappa shape index (κ1) is 16.7. The van der Waals surface area contributed by atoms with Crippen LogP contribution >= 0.6 is 0 Å². The molecule has 0 saturated carbocycles. The van der Waals surface area contributed by atoms with Crippen LogP contribution in [0.3, 0.4) is 0 Å². The fraction of sp³-hybridized carbons (Fsp3) is 0.250. The minimum Gasteiger partial charge on any atom is -0.295 e. The van der Waals surface area contributed by atoms with Gasteiger partial charge in [0.1, 0.15) is 17.3 Å². The first-order chi connectivity index (χ1) is 11.7. The van der Waals surface area contributed by atoms with Gasteiger partial charge in [0.25, 0.3) is 5.56 Å². The second kappa shape index (κ2) is 5.73. The van der Waals surface area contributed by atoms with Crippen molar-refractivity contribution in [3.63, 3.8) is 0 Å². The summed E-state index contributed by atoms with van der Waals surface area (Å²) in [6.45, 7) is 3.56. The minimum atomic E-state index is -4.55. The van der Waals surface area contributed by atoms with Crippen molar-refractivity contribution in [2.75, 3.05) is 0 Å². The molecule has 0 amide bonds. The number of aromatic nitrogens is 4. The van der Waals surface area contributed by atoms with Gasteiger partial charge < -0.3 is 0 Å². The summed E-state index contributed by atoms with van der Waals surface area (Å²) >= 11 is 0. The lowest BCUT2D eigenvalue weighted by atomic mass is 9.99. The van der Waals surface area contributed by atoms with Gasteiger partial charge in [-0.2, -0.15) is 18.4 Å². The van der Waals surface area contributed by atoms with Gasteiger partial charge in [-0.05, 0) is 18.1 Å². The third-order valence-corrected chi connectivity index (χ3v) is 3.72. The van der Waals surface area contributed by atoms with Gasteiger partial charge in [0.2, 0.25) is 0 Å². The van der Waals surface area contributed by atoms with E-state index < -0.39 is 17.4 Å². The van der Waals surface area contributed by atoms with Crippen LogP contribution in [0.5, 0.6) is 0 Å². The molecule has 3 aromatic heterocycles. The molecular formula is C16H12F3N5O. The van der Waals surface area contributed by atoms with Gasteiger partial charge in [0.15, 0.2) is 5.65 Å². The molecule has 0 atom stereocenters. The maximum Gasteiger partial charge on any atom is 0.433 e. The number of rotatable bonds is 2. The fourth-order valence-electron chi connectivity index (χ4n) is 2.55. The number of alkyl halides is 3. The van der Waals surface area contributed by atoms with E-state index in [1.54, 1.807) is 13.8 Å². The summed E-state index contributed by atoms with van der Waals surface area (Å²) in [4.78, 5) is 20.5. The molecule has 0 unspecified atom stereocenters. The summed E-state index contributed by atoms with van der Waals surface area (Å²) in [5, 5.41) is 11.8. The molecule has 3 rings (SSSR count).